The van der Waals surface area contributed by atoms with E-state index in [1.165, 1.54) is 19.1 Å². The van der Waals surface area contributed by atoms with Crippen molar-refractivity contribution >= 4 is 22.8 Å². The summed E-state index contributed by atoms with van der Waals surface area (Å²) in [6.45, 7) is 2.37. The van der Waals surface area contributed by atoms with Gasteiger partial charge in [0.15, 0.2) is 0 Å². The lowest BCUT2D eigenvalue weighted by Crippen LogP contribution is -2.29. The van der Waals surface area contributed by atoms with Gasteiger partial charge in [0.05, 0.1) is 11.0 Å². The van der Waals surface area contributed by atoms with Crippen LogP contribution in [0.2, 0.25) is 0 Å². The first kappa shape index (κ1) is 18.6. The molecule has 0 radical (unpaired) electrons. The van der Waals surface area contributed by atoms with Crippen LogP contribution in [-0.2, 0) is 29.1 Å². The number of halogens is 1. The highest BCUT2D eigenvalue weighted by Gasteiger charge is 2.13. The number of aromatic nitrogens is 2. The number of benzene rings is 2. The van der Waals surface area contributed by atoms with E-state index in [4.69, 9.17) is 0 Å². The maximum absolute atomic E-state index is 13.0. The third kappa shape index (κ3) is 4.91. The summed E-state index contributed by atoms with van der Waals surface area (Å²) < 4.78 is 14.8. The van der Waals surface area contributed by atoms with E-state index in [0.29, 0.717) is 19.5 Å². The molecule has 0 aliphatic rings. The molecule has 2 N–H and O–H groups in total. The molecular weight excluding hydrogens is 347 g/mol. The molecule has 6 nitrogen and oxygen atoms in total. The van der Waals surface area contributed by atoms with Crippen molar-refractivity contribution in [3.05, 3.63) is 65.7 Å². The van der Waals surface area contributed by atoms with E-state index < -0.39 is 0 Å². The summed E-state index contributed by atoms with van der Waals surface area (Å²) in [5.41, 5.74) is 2.50. The monoisotopic (exact) mass is 368 g/mol. The molecule has 2 aromatic carbocycles. The maximum Gasteiger partial charge on any atom is 0.240 e. The molecular formula is C20H21FN4O2. The molecule has 1 heterocycles. The number of hydrogen-bond acceptors (Lipinski definition) is 3. The smallest absolute Gasteiger partial charge is 0.240 e. The third-order valence-electron chi connectivity index (χ3n) is 4.16. The van der Waals surface area contributed by atoms with Crippen LogP contribution in [0.1, 0.15) is 18.3 Å². The number of hydrogen-bond donors (Lipinski definition) is 2. The first-order valence-corrected chi connectivity index (χ1v) is 8.72. The SMILES string of the molecule is CC(=O)NCCc1nc2ccccc2n1CC(=O)NCc1ccc(F)cc1. The van der Waals surface area contributed by atoms with Gasteiger partial charge in [0, 0.05) is 26.4 Å². The quantitative estimate of drug-likeness (QED) is 0.671. The van der Waals surface area contributed by atoms with Crippen molar-refractivity contribution in [3.8, 4) is 0 Å². The van der Waals surface area contributed by atoms with E-state index in [-0.39, 0.29) is 24.2 Å². The van der Waals surface area contributed by atoms with Gasteiger partial charge in [0.1, 0.15) is 18.2 Å². The van der Waals surface area contributed by atoms with E-state index in [2.05, 4.69) is 15.6 Å². The zero-order chi connectivity index (χ0) is 19.2. The molecule has 3 aromatic rings. The average Bonchev–Trinajstić information content (AvgIpc) is 2.98. The Kier molecular flexibility index (Phi) is 5.80. The first-order chi connectivity index (χ1) is 13.0. The number of amides is 2. The van der Waals surface area contributed by atoms with Crippen molar-refractivity contribution in [3.63, 3.8) is 0 Å². The molecule has 0 aliphatic heterocycles. The number of imidazole rings is 1. The molecule has 0 spiro atoms. The third-order valence-corrected chi connectivity index (χ3v) is 4.16. The number of nitrogens with one attached hydrogen (secondary N) is 2. The Hall–Kier alpha value is -3.22. The van der Waals surface area contributed by atoms with Gasteiger partial charge in [-0.2, -0.15) is 0 Å². The zero-order valence-corrected chi connectivity index (χ0v) is 15.0. The lowest BCUT2D eigenvalue weighted by atomic mass is 10.2. The maximum atomic E-state index is 13.0. The van der Waals surface area contributed by atoms with E-state index in [1.54, 1.807) is 12.1 Å². The molecule has 27 heavy (non-hydrogen) atoms. The average molecular weight is 368 g/mol. The minimum absolute atomic E-state index is 0.102. The second-order valence-corrected chi connectivity index (χ2v) is 6.24. The Labute approximate surface area is 156 Å². The standard InChI is InChI=1S/C20H21FN4O2/c1-14(26)22-11-10-19-24-17-4-2-3-5-18(17)25(19)13-20(27)23-12-15-6-8-16(21)9-7-15/h2-9H,10-13H2,1H3,(H,22,26)(H,23,27). The molecule has 7 heteroatoms. The van der Waals surface area contributed by atoms with Crippen LogP contribution in [0, 0.1) is 5.82 Å². The zero-order valence-electron chi connectivity index (χ0n) is 15.0. The molecule has 1 aromatic heterocycles. The number of rotatable bonds is 7. The summed E-state index contributed by atoms with van der Waals surface area (Å²) >= 11 is 0. The van der Waals surface area contributed by atoms with Crippen molar-refractivity contribution in [1.29, 1.82) is 0 Å². The van der Waals surface area contributed by atoms with Crippen LogP contribution in [0.5, 0.6) is 0 Å². The lowest BCUT2D eigenvalue weighted by molar-refractivity contribution is -0.122. The van der Waals surface area contributed by atoms with Gasteiger partial charge in [-0.15, -0.1) is 0 Å². The molecule has 0 bridgehead atoms. The van der Waals surface area contributed by atoms with Crippen LogP contribution in [0.25, 0.3) is 11.0 Å². The highest BCUT2D eigenvalue weighted by molar-refractivity contribution is 5.81. The van der Waals surface area contributed by atoms with Gasteiger partial charge in [-0.25, -0.2) is 9.37 Å². The molecule has 0 saturated carbocycles. The summed E-state index contributed by atoms with van der Waals surface area (Å²) in [6.07, 6.45) is 0.527. The molecule has 140 valence electrons. The van der Waals surface area contributed by atoms with Gasteiger partial charge in [0.2, 0.25) is 11.8 Å². The van der Waals surface area contributed by atoms with Gasteiger partial charge in [-0.3, -0.25) is 9.59 Å². The number of carbonyl (C=O) groups excluding carboxylic acids is 2. The summed E-state index contributed by atoms with van der Waals surface area (Å²) in [4.78, 5) is 28.1. The fourth-order valence-corrected chi connectivity index (χ4v) is 2.85. The van der Waals surface area contributed by atoms with Crippen LogP contribution < -0.4 is 10.6 Å². The summed E-state index contributed by atoms with van der Waals surface area (Å²) in [7, 11) is 0. The lowest BCUT2D eigenvalue weighted by Gasteiger charge is -2.10. The minimum atomic E-state index is -0.307. The Morgan fingerprint density at radius 3 is 2.56 bits per heavy atom. The number of fused-ring (bicyclic) bond motifs is 1. The van der Waals surface area contributed by atoms with Crippen LogP contribution in [0.15, 0.2) is 48.5 Å². The van der Waals surface area contributed by atoms with Crippen molar-refractivity contribution in [2.45, 2.75) is 26.4 Å². The van der Waals surface area contributed by atoms with Crippen LogP contribution in [-0.4, -0.2) is 27.9 Å². The van der Waals surface area contributed by atoms with Crippen LogP contribution in [0.4, 0.5) is 4.39 Å². The van der Waals surface area contributed by atoms with E-state index in [9.17, 15) is 14.0 Å². The molecule has 0 fully saturated rings. The second kappa shape index (κ2) is 8.44. The van der Waals surface area contributed by atoms with Gasteiger partial charge in [-0.1, -0.05) is 24.3 Å². The van der Waals surface area contributed by atoms with Crippen molar-refractivity contribution in [1.82, 2.24) is 20.2 Å². The summed E-state index contributed by atoms with van der Waals surface area (Å²) in [5.74, 6) is 0.165. The summed E-state index contributed by atoms with van der Waals surface area (Å²) in [5, 5.41) is 5.59. The Bertz CT molecular complexity index is 950. The predicted molar refractivity (Wildman–Crippen MR) is 100 cm³/mol. The predicted octanol–water partition coefficient (Wildman–Crippen LogP) is 2.17. The second-order valence-electron chi connectivity index (χ2n) is 6.24. The topological polar surface area (TPSA) is 76.0 Å². The molecule has 2 amide bonds. The van der Waals surface area contributed by atoms with Crippen molar-refractivity contribution in [2.24, 2.45) is 0 Å². The molecule has 0 saturated heterocycles. The normalized spacial score (nSPS) is 10.7. The Morgan fingerprint density at radius 2 is 1.81 bits per heavy atom. The van der Waals surface area contributed by atoms with E-state index >= 15 is 0 Å². The highest BCUT2D eigenvalue weighted by atomic mass is 19.1. The Balaban J connectivity index is 1.70. The van der Waals surface area contributed by atoms with Gasteiger partial charge in [0.25, 0.3) is 0 Å². The highest BCUT2D eigenvalue weighted by Crippen LogP contribution is 2.16. The van der Waals surface area contributed by atoms with Crippen molar-refractivity contribution < 1.29 is 14.0 Å². The fourth-order valence-electron chi connectivity index (χ4n) is 2.85. The largest absolute Gasteiger partial charge is 0.356 e. The fraction of sp³-hybridized carbons (Fsp3) is 0.250. The Morgan fingerprint density at radius 1 is 1.07 bits per heavy atom. The summed E-state index contributed by atoms with van der Waals surface area (Å²) in [6, 6.07) is 13.6. The van der Waals surface area contributed by atoms with Crippen LogP contribution >= 0.6 is 0 Å². The van der Waals surface area contributed by atoms with Gasteiger partial charge in [-0.05, 0) is 29.8 Å². The molecule has 0 atom stereocenters. The van der Waals surface area contributed by atoms with Crippen LogP contribution in [0.3, 0.4) is 0 Å². The van der Waals surface area contributed by atoms with E-state index in [0.717, 1.165) is 22.4 Å². The number of nitrogens with zero attached hydrogens (tertiary/aromatic N) is 2. The number of para-hydroxylation sites is 2. The minimum Gasteiger partial charge on any atom is -0.356 e. The molecule has 0 aliphatic carbocycles. The molecule has 3 rings (SSSR count). The van der Waals surface area contributed by atoms with Gasteiger partial charge >= 0.3 is 0 Å². The van der Waals surface area contributed by atoms with Crippen molar-refractivity contribution in [2.75, 3.05) is 6.54 Å². The molecule has 0 unspecified atom stereocenters. The first-order valence-electron chi connectivity index (χ1n) is 8.72. The van der Waals surface area contributed by atoms with Gasteiger partial charge < -0.3 is 15.2 Å². The number of carbonyl (C=O) groups is 2. The van der Waals surface area contributed by atoms with E-state index in [1.807, 2.05) is 28.8 Å².